The zero-order valence-electron chi connectivity index (χ0n) is 20.1. The maximum Gasteiger partial charge on any atom is 0.404 e. The summed E-state index contributed by atoms with van der Waals surface area (Å²) in [6.07, 6.45) is 0.713. The molecule has 12 nitrogen and oxygen atoms in total. The van der Waals surface area contributed by atoms with Gasteiger partial charge in [-0.1, -0.05) is 13.3 Å². The van der Waals surface area contributed by atoms with Crippen molar-refractivity contribution >= 4 is 23.6 Å². The van der Waals surface area contributed by atoms with Crippen LogP contribution in [0.5, 0.6) is 0 Å². The highest BCUT2D eigenvalue weighted by atomic mass is 16.7. The van der Waals surface area contributed by atoms with Crippen LogP contribution in [0.2, 0.25) is 0 Å². The van der Waals surface area contributed by atoms with Crippen LogP contribution in [0.3, 0.4) is 0 Å². The van der Waals surface area contributed by atoms with Gasteiger partial charge in [-0.15, -0.1) is 0 Å². The van der Waals surface area contributed by atoms with Crippen molar-refractivity contribution in [3.63, 3.8) is 0 Å². The largest absolute Gasteiger partial charge is 0.449 e. The maximum atomic E-state index is 14.1. The highest BCUT2D eigenvalue weighted by molar-refractivity contribution is 6.17. The topological polar surface area (TPSA) is 147 Å². The average Bonchev–Trinajstić information content (AvgIpc) is 3.11. The van der Waals surface area contributed by atoms with Crippen LogP contribution in [-0.2, 0) is 38.1 Å². The zero-order valence-corrected chi connectivity index (χ0v) is 20.1. The van der Waals surface area contributed by atoms with Crippen LogP contribution in [0.15, 0.2) is 11.3 Å². The molecule has 1 spiro atoms. The molecule has 3 saturated heterocycles. The second-order valence-corrected chi connectivity index (χ2v) is 9.49. The van der Waals surface area contributed by atoms with E-state index in [9.17, 15) is 19.2 Å². The number of hydrogen-bond acceptors (Lipinski definition) is 10. The number of amides is 2. The Morgan fingerprint density at radius 3 is 2.49 bits per heavy atom. The standard InChI is InChI=1S/C23H31N3O9/c1-4-5-6-32-10-14-18(28)17-16(20(29)23(14)34-7-8-35-23)13(11-33-21(24)30)22(31-3)19-15(9-25(17)22)26(19)12(2)27/h13-15,19H,4-11H2,1-3H3,(H2,24,30)/t13-,14?,15+,19+,22-,26?/m1/s1. The van der Waals surface area contributed by atoms with Crippen LogP contribution in [0.4, 0.5) is 4.79 Å². The van der Waals surface area contributed by atoms with Crippen molar-refractivity contribution in [1.29, 1.82) is 0 Å². The zero-order chi connectivity index (χ0) is 25.1. The van der Waals surface area contributed by atoms with E-state index in [0.717, 1.165) is 12.8 Å². The molecule has 3 fully saturated rings. The molecule has 5 rings (SSSR count). The minimum absolute atomic E-state index is 0.0376. The summed E-state index contributed by atoms with van der Waals surface area (Å²) in [5.41, 5.74) is 4.30. The third-order valence-corrected chi connectivity index (χ3v) is 7.82. The average molecular weight is 494 g/mol. The number of unbranched alkanes of at least 4 members (excludes halogenated alkanes) is 1. The van der Waals surface area contributed by atoms with E-state index < -0.39 is 41.3 Å². The molecule has 0 aromatic carbocycles. The second-order valence-electron chi connectivity index (χ2n) is 9.49. The molecule has 0 radical (unpaired) electrons. The van der Waals surface area contributed by atoms with Crippen molar-refractivity contribution in [3.8, 4) is 0 Å². The Morgan fingerprint density at radius 2 is 1.89 bits per heavy atom. The Hall–Kier alpha value is -2.54. The van der Waals surface area contributed by atoms with Crippen molar-refractivity contribution in [1.82, 2.24) is 9.80 Å². The van der Waals surface area contributed by atoms with Gasteiger partial charge < -0.3 is 39.2 Å². The summed E-state index contributed by atoms with van der Waals surface area (Å²) in [6, 6.07) is -0.604. The minimum Gasteiger partial charge on any atom is -0.449 e. The van der Waals surface area contributed by atoms with Crippen molar-refractivity contribution in [3.05, 3.63) is 11.3 Å². The van der Waals surface area contributed by atoms with Gasteiger partial charge >= 0.3 is 6.09 Å². The highest BCUT2D eigenvalue weighted by Crippen LogP contribution is 2.61. The van der Waals surface area contributed by atoms with E-state index in [1.807, 2.05) is 6.92 Å². The third kappa shape index (κ3) is 3.19. The number of nitrogens with zero attached hydrogens (tertiary/aromatic N) is 2. The number of ether oxygens (including phenoxy) is 5. The fraction of sp³-hybridized carbons (Fsp3) is 0.739. The minimum atomic E-state index is -1.81. The molecule has 1 aliphatic carbocycles. The number of hydrogen-bond donors (Lipinski definition) is 1. The molecule has 1 unspecified atom stereocenters. The lowest BCUT2D eigenvalue weighted by molar-refractivity contribution is -0.206. The predicted molar refractivity (Wildman–Crippen MR) is 116 cm³/mol. The lowest BCUT2D eigenvalue weighted by Gasteiger charge is -2.41. The predicted octanol–water partition coefficient (Wildman–Crippen LogP) is -0.449. The first-order valence-corrected chi connectivity index (χ1v) is 12.0. The van der Waals surface area contributed by atoms with E-state index in [-0.39, 0.29) is 55.4 Å². The molecule has 2 amide bonds. The van der Waals surface area contributed by atoms with Gasteiger partial charge in [-0.3, -0.25) is 14.4 Å². The molecule has 0 bridgehead atoms. The van der Waals surface area contributed by atoms with Gasteiger partial charge in [0, 0.05) is 32.8 Å². The van der Waals surface area contributed by atoms with Gasteiger partial charge in [0.2, 0.25) is 17.5 Å². The molecule has 12 heteroatoms. The summed E-state index contributed by atoms with van der Waals surface area (Å²) >= 11 is 0. The smallest absolute Gasteiger partial charge is 0.404 e. The van der Waals surface area contributed by atoms with Gasteiger partial charge in [-0.2, -0.15) is 0 Å². The number of carbonyl (C=O) groups excluding carboxylic acids is 4. The Morgan fingerprint density at radius 1 is 1.17 bits per heavy atom. The lowest BCUT2D eigenvalue weighted by atomic mass is 9.75. The molecule has 4 heterocycles. The monoisotopic (exact) mass is 493 g/mol. The highest BCUT2D eigenvalue weighted by Gasteiger charge is 2.79. The number of allylic oxidation sites excluding steroid dienone is 1. The number of carbonyl (C=O) groups is 4. The molecule has 35 heavy (non-hydrogen) atoms. The van der Waals surface area contributed by atoms with E-state index in [0.29, 0.717) is 13.2 Å². The number of ketones is 2. The Labute approximate surface area is 202 Å². The molecule has 5 aliphatic rings. The second kappa shape index (κ2) is 8.54. The van der Waals surface area contributed by atoms with Crippen molar-refractivity contribution < 1.29 is 42.9 Å². The summed E-state index contributed by atoms with van der Waals surface area (Å²) in [5.74, 6) is -4.70. The van der Waals surface area contributed by atoms with Crippen molar-refractivity contribution in [2.24, 2.45) is 17.6 Å². The number of rotatable bonds is 8. The van der Waals surface area contributed by atoms with Crippen molar-refractivity contribution in [2.45, 2.75) is 50.3 Å². The van der Waals surface area contributed by atoms with Crippen LogP contribution in [0.1, 0.15) is 26.7 Å². The van der Waals surface area contributed by atoms with E-state index in [2.05, 4.69) is 0 Å². The third-order valence-electron chi connectivity index (χ3n) is 7.82. The number of fused-ring (bicyclic) bond motifs is 4. The number of methoxy groups -OCH3 is 1. The van der Waals surface area contributed by atoms with Crippen LogP contribution >= 0.6 is 0 Å². The molecule has 0 saturated carbocycles. The molecule has 5 atom stereocenters. The molecule has 192 valence electrons. The molecule has 4 aliphatic heterocycles. The number of primary amides is 1. The Kier molecular flexibility index (Phi) is 5.90. The Balaban J connectivity index is 1.58. The van der Waals surface area contributed by atoms with Crippen LogP contribution in [-0.4, -0.2) is 104 Å². The molecular formula is C23H31N3O9. The summed E-state index contributed by atoms with van der Waals surface area (Å²) in [5, 5.41) is 0. The van der Waals surface area contributed by atoms with E-state index in [1.54, 1.807) is 9.80 Å². The van der Waals surface area contributed by atoms with Crippen molar-refractivity contribution in [2.75, 3.05) is 46.7 Å². The van der Waals surface area contributed by atoms with Gasteiger partial charge in [-0.05, 0) is 6.42 Å². The summed E-state index contributed by atoms with van der Waals surface area (Å²) in [4.78, 5) is 55.3. The van der Waals surface area contributed by atoms with Gasteiger partial charge in [-0.25, -0.2) is 4.79 Å². The summed E-state index contributed by atoms with van der Waals surface area (Å²) in [6.45, 7) is 4.19. The molecule has 2 N–H and O–H groups in total. The summed E-state index contributed by atoms with van der Waals surface area (Å²) in [7, 11) is 1.46. The quantitative estimate of drug-likeness (QED) is 0.348. The fourth-order valence-electron chi connectivity index (χ4n) is 6.39. The number of piperazine rings is 1. The lowest BCUT2D eigenvalue weighted by Crippen LogP contribution is -2.57. The first kappa shape index (κ1) is 24.2. The van der Waals surface area contributed by atoms with E-state index in [4.69, 9.17) is 29.4 Å². The first-order chi connectivity index (χ1) is 16.8. The van der Waals surface area contributed by atoms with Crippen LogP contribution in [0.25, 0.3) is 0 Å². The van der Waals surface area contributed by atoms with Gasteiger partial charge in [0.25, 0.3) is 0 Å². The van der Waals surface area contributed by atoms with Gasteiger partial charge in [0.15, 0.2) is 11.5 Å². The SMILES string of the molecule is CCCCOCC1C(=O)C2=C(C(=O)C13OCCO3)[C@@H](COC(N)=O)[C@@]1(OC)[C@@H]3[C@H](CN21)N3C(C)=O. The van der Waals surface area contributed by atoms with Gasteiger partial charge in [0.05, 0.1) is 37.5 Å². The number of nitrogens with two attached hydrogens (primary N) is 1. The summed E-state index contributed by atoms with van der Waals surface area (Å²) < 4.78 is 28.6. The normalized spacial score (nSPS) is 34.4. The fourth-order valence-corrected chi connectivity index (χ4v) is 6.39. The maximum absolute atomic E-state index is 14.1. The Bertz CT molecular complexity index is 991. The number of Topliss-reactive ketones (excluding diaryl/α,β-unsaturated/α-hetero) is 2. The van der Waals surface area contributed by atoms with E-state index >= 15 is 0 Å². The molecule has 0 aromatic rings. The molecule has 0 aromatic heterocycles. The van der Waals surface area contributed by atoms with Gasteiger partial charge in [0.1, 0.15) is 18.6 Å². The first-order valence-electron chi connectivity index (χ1n) is 12.0. The molecular weight excluding hydrogens is 462 g/mol. The van der Waals surface area contributed by atoms with E-state index in [1.165, 1.54) is 14.0 Å². The van der Waals surface area contributed by atoms with Crippen LogP contribution < -0.4 is 5.73 Å². The van der Waals surface area contributed by atoms with Crippen LogP contribution in [0, 0.1) is 11.8 Å².